The second-order valence-corrected chi connectivity index (χ2v) is 4.15. The first-order valence-electron chi connectivity index (χ1n) is 5.39. The third-order valence-electron chi connectivity index (χ3n) is 2.28. The van der Waals surface area contributed by atoms with E-state index in [0.29, 0.717) is 30.3 Å². The van der Waals surface area contributed by atoms with Crippen molar-refractivity contribution in [1.82, 2.24) is 0 Å². The first kappa shape index (κ1) is 12.7. The second kappa shape index (κ2) is 6.24. The Morgan fingerprint density at radius 2 is 2.19 bits per heavy atom. The zero-order valence-electron chi connectivity index (χ0n) is 9.66. The molecule has 2 nitrogen and oxygen atoms in total. The van der Waals surface area contributed by atoms with E-state index in [0.717, 1.165) is 6.42 Å². The molecule has 0 N–H and O–H groups in total. The molecular formula is C13H16FNO. The summed E-state index contributed by atoms with van der Waals surface area (Å²) in [6.45, 7) is 5.17. The monoisotopic (exact) mass is 221 g/mol. The van der Waals surface area contributed by atoms with E-state index in [-0.39, 0.29) is 5.82 Å². The van der Waals surface area contributed by atoms with Gasteiger partial charge in [0.15, 0.2) is 0 Å². The Kier molecular flexibility index (Phi) is 4.94. The summed E-state index contributed by atoms with van der Waals surface area (Å²) in [6.07, 6.45) is 0.969. The van der Waals surface area contributed by atoms with E-state index in [2.05, 4.69) is 13.8 Å². The van der Waals surface area contributed by atoms with Gasteiger partial charge in [0.25, 0.3) is 0 Å². The Morgan fingerprint density at radius 3 is 2.81 bits per heavy atom. The lowest BCUT2D eigenvalue weighted by Gasteiger charge is -2.07. The average Bonchev–Trinajstić information content (AvgIpc) is 2.24. The molecular weight excluding hydrogens is 205 g/mol. The van der Waals surface area contributed by atoms with Crippen LogP contribution in [0.4, 0.5) is 4.39 Å². The summed E-state index contributed by atoms with van der Waals surface area (Å²) in [6, 6.07) is 6.15. The zero-order valence-corrected chi connectivity index (χ0v) is 9.66. The molecule has 0 fully saturated rings. The Bertz CT molecular complexity index is 382. The van der Waals surface area contributed by atoms with Crippen LogP contribution < -0.4 is 0 Å². The molecule has 0 saturated carbocycles. The fourth-order valence-electron chi connectivity index (χ4n) is 1.29. The predicted octanol–water partition coefficient (Wildman–Crippen LogP) is 3.26. The molecule has 1 aromatic carbocycles. The molecule has 0 aliphatic rings. The topological polar surface area (TPSA) is 33.0 Å². The molecule has 0 aromatic heterocycles. The number of rotatable bonds is 5. The molecule has 0 spiro atoms. The molecule has 86 valence electrons. The summed E-state index contributed by atoms with van der Waals surface area (Å²) in [5, 5.41) is 8.83. The maximum atomic E-state index is 13.0. The number of hydrogen-bond donors (Lipinski definition) is 0. The van der Waals surface area contributed by atoms with E-state index in [1.165, 1.54) is 18.2 Å². The van der Waals surface area contributed by atoms with Crippen LogP contribution in [0.15, 0.2) is 18.2 Å². The lowest BCUT2D eigenvalue weighted by Crippen LogP contribution is -2.01. The fourth-order valence-corrected chi connectivity index (χ4v) is 1.29. The van der Waals surface area contributed by atoms with E-state index in [1.54, 1.807) is 0 Å². The van der Waals surface area contributed by atoms with Crippen LogP contribution in [0.2, 0.25) is 0 Å². The van der Waals surface area contributed by atoms with Gasteiger partial charge in [-0.25, -0.2) is 4.39 Å². The number of halogens is 1. The summed E-state index contributed by atoms with van der Waals surface area (Å²) >= 11 is 0. The number of hydrogen-bond acceptors (Lipinski definition) is 2. The molecule has 0 heterocycles. The van der Waals surface area contributed by atoms with Gasteiger partial charge in [0.05, 0.1) is 18.2 Å². The SMILES string of the molecule is CC(C)CCOCc1cc(F)ccc1C#N. The van der Waals surface area contributed by atoms with Gasteiger partial charge in [0.1, 0.15) is 5.82 Å². The molecule has 0 aliphatic carbocycles. The minimum atomic E-state index is -0.332. The molecule has 0 unspecified atom stereocenters. The molecule has 0 radical (unpaired) electrons. The third-order valence-corrected chi connectivity index (χ3v) is 2.28. The van der Waals surface area contributed by atoms with Gasteiger partial charge in [-0.15, -0.1) is 0 Å². The lowest BCUT2D eigenvalue weighted by atomic mass is 10.1. The van der Waals surface area contributed by atoms with Crippen LogP contribution in [0, 0.1) is 23.1 Å². The Hall–Kier alpha value is -1.40. The number of nitrogens with zero attached hydrogens (tertiary/aromatic N) is 1. The van der Waals surface area contributed by atoms with E-state index in [4.69, 9.17) is 10.00 Å². The van der Waals surface area contributed by atoms with Crippen molar-refractivity contribution in [1.29, 1.82) is 5.26 Å². The number of benzene rings is 1. The van der Waals surface area contributed by atoms with Gasteiger partial charge >= 0.3 is 0 Å². The van der Waals surface area contributed by atoms with Crippen LogP contribution in [0.1, 0.15) is 31.4 Å². The maximum absolute atomic E-state index is 13.0. The summed E-state index contributed by atoms with van der Waals surface area (Å²) in [5.74, 6) is 0.254. The van der Waals surface area contributed by atoms with Gasteiger partial charge in [-0.05, 0) is 36.1 Å². The van der Waals surface area contributed by atoms with Crippen LogP contribution in [-0.4, -0.2) is 6.61 Å². The van der Waals surface area contributed by atoms with E-state index < -0.39 is 0 Å². The van der Waals surface area contributed by atoms with E-state index in [9.17, 15) is 4.39 Å². The highest BCUT2D eigenvalue weighted by molar-refractivity contribution is 5.37. The number of ether oxygens (including phenoxy) is 1. The van der Waals surface area contributed by atoms with Crippen molar-refractivity contribution < 1.29 is 9.13 Å². The minimum absolute atomic E-state index is 0.299. The van der Waals surface area contributed by atoms with Crippen molar-refractivity contribution in [2.75, 3.05) is 6.61 Å². The molecule has 16 heavy (non-hydrogen) atoms. The lowest BCUT2D eigenvalue weighted by molar-refractivity contribution is 0.110. The maximum Gasteiger partial charge on any atom is 0.123 e. The minimum Gasteiger partial charge on any atom is -0.377 e. The van der Waals surface area contributed by atoms with Crippen molar-refractivity contribution in [3.63, 3.8) is 0 Å². The van der Waals surface area contributed by atoms with Crippen molar-refractivity contribution in [3.05, 3.63) is 35.1 Å². The smallest absolute Gasteiger partial charge is 0.123 e. The van der Waals surface area contributed by atoms with Crippen LogP contribution in [-0.2, 0) is 11.3 Å². The first-order valence-corrected chi connectivity index (χ1v) is 5.39. The molecule has 1 rings (SSSR count). The van der Waals surface area contributed by atoms with E-state index >= 15 is 0 Å². The largest absolute Gasteiger partial charge is 0.377 e. The quantitative estimate of drug-likeness (QED) is 0.715. The van der Waals surface area contributed by atoms with Gasteiger partial charge in [0, 0.05) is 6.61 Å². The molecule has 0 amide bonds. The molecule has 0 bridgehead atoms. The van der Waals surface area contributed by atoms with Gasteiger partial charge in [0.2, 0.25) is 0 Å². The highest BCUT2D eigenvalue weighted by Crippen LogP contribution is 2.12. The average molecular weight is 221 g/mol. The summed E-state index contributed by atoms with van der Waals surface area (Å²) in [4.78, 5) is 0. The predicted molar refractivity (Wildman–Crippen MR) is 60.2 cm³/mol. The van der Waals surface area contributed by atoms with Gasteiger partial charge in [-0.3, -0.25) is 0 Å². The highest BCUT2D eigenvalue weighted by Gasteiger charge is 2.04. The molecule has 0 aliphatic heterocycles. The normalized spacial score (nSPS) is 10.4. The molecule has 1 aromatic rings. The van der Waals surface area contributed by atoms with Gasteiger partial charge in [-0.2, -0.15) is 5.26 Å². The van der Waals surface area contributed by atoms with Gasteiger partial charge < -0.3 is 4.74 Å². The Labute approximate surface area is 95.7 Å². The zero-order chi connectivity index (χ0) is 12.0. The van der Waals surface area contributed by atoms with Crippen molar-refractivity contribution in [2.24, 2.45) is 5.92 Å². The van der Waals surface area contributed by atoms with Crippen molar-refractivity contribution in [2.45, 2.75) is 26.9 Å². The third kappa shape index (κ3) is 4.00. The Balaban J connectivity index is 2.53. The summed E-state index contributed by atoms with van der Waals surface area (Å²) in [5.41, 5.74) is 1.09. The molecule has 0 saturated heterocycles. The second-order valence-electron chi connectivity index (χ2n) is 4.15. The highest BCUT2D eigenvalue weighted by atomic mass is 19.1. The summed E-state index contributed by atoms with van der Waals surface area (Å²) in [7, 11) is 0. The van der Waals surface area contributed by atoms with Crippen molar-refractivity contribution in [3.8, 4) is 6.07 Å². The standard InChI is InChI=1S/C13H16FNO/c1-10(2)5-6-16-9-12-7-13(14)4-3-11(12)8-15/h3-4,7,10H,5-6,9H2,1-2H3. The first-order chi connectivity index (χ1) is 7.63. The molecule has 3 heteroatoms. The fraction of sp³-hybridized carbons (Fsp3) is 0.462. The number of nitriles is 1. The van der Waals surface area contributed by atoms with Crippen LogP contribution in [0.5, 0.6) is 0 Å². The van der Waals surface area contributed by atoms with Crippen LogP contribution >= 0.6 is 0 Å². The Morgan fingerprint density at radius 1 is 1.44 bits per heavy atom. The van der Waals surface area contributed by atoms with E-state index in [1.807, 2.05) is 6.07 Å². The van der Waals surface area contributed by atoms with Crippen LogP contribution in [0.3, 0.4) is 0 Å². The van der Waals surface area contributed by atoms with Crippen molar-refractivity contribution >= 4 is 0 Å². The van der Waals surface area contributed by atoms with Crippen LogP contribution in [0.25, 0.3) is 0 Å². The van der Waals surface area contributed by atoms with Gasteiger partial charge in [-0.1, -0.05) is 13.8 Å². The molecule has 0 atom stereocenters. The summed E-state index contributed by atoms with van der Waals surface area (Å²) < 4.78 is 18.4.